The summed E-state index contributed by atoms with van der Waals surface area (Å²) in [7, 11) is 0. The molecule has 0 saturated heterocycles. The number of nitrogens with zero attached hydrogens (tertiary/aromatic N) is 6. The van der Waals surface area contributed by atoms with Gasteiger partial charge in [0.1, 0.15) is 24.6 Å². The number of carbonyl (C=O) groups is 2. The highest BCUT2D eigenvalue weighted by Crippen LogP contribution is 2.08. The summed E-state index contributed by atoms with van der Waals surface area (Å²) in [6, 6.07) is 19.8. The third-order valence-electron chi connectivity index (χ3n) is 5.32. The largest absolute Gasteiger partial charge is 0.459 e. The number of unbranched alkanes of at least 4 members (excludes halogenated alkanes) is 1. The first-order chi connectivity index (χ1) is 17.6. The Morgan fingerprint density at radius 1 is 0.639 bits per heavy atom. The molecule has 0 aliphatic heterocycles. The zero-order valence-electron chi connectivity index (χ0n) is 19.9. The van der Waals surface area contributed by atoms with Crippen molar-refractivity contribution in [2.75, 3.05) is 0 Å². The molecule has 0 atom stereocenters. The fraction of sp³-hybridized carbons (Fsp3) is 0.308. The maximum absolute atomic E-state index is 12.0. The van der Waals surface area contributed by atoms with Crippen LogP contribution in [0.2, 0.25) is 0 Å². The van der Waals surface area contributed by atoms with Gasteiger partial charge in [-0.2, -0.15) is 0 Å². The van der Waals surface area contributed by atoms with E-state index in [2.05, 4.69) is 20.6 Å². The van der Waals surface area contributed by atoms with Gasteiger partial charge in [-0.25, -0.2) is 9.36 Å². The molecule has 0 amide bonds. The lowest BCUT2D eigenvalue weighted by atomic mass is 10.2. The minimum Gasteiger partial charge on any atom is -0.459 e. The first-order valence-electron chi connectivity index (χ1n) is 11.8. The Balaban J connectivity index is 1.06. The molecule has 4 rings (SSSR count). The topological polar surface area (TPSA) is 114 Å². The molecule has 186 valence electrons. The number of aromatic nitrogens is 6. The zero-order valence-corrected chi connectivity index (χ0v) is 19.9. The summed E-state index contributed by atoms with van der Waals surface area (Å²) in [6.45, 7) is 1.34. The summed E-state index contributed by atoms with van der Waals surface area (Å²) in [6.07, 6.45) is 5.02. The van der Waals surface area contributed by atoms with Crippen LogP contribution in [0.15, 0.2) is 73.1 Å². The predicted octanol–water partition coefficient (Wildman–Crippen LogP) is 3.31. The summed E-state index contributed by atoms with van der Waals surface area (Å²) in [5, 5.41) is 16.2. The Morgan fingerprint density at radius 2 is 1.06 bits per heavy atom. The lowest BCUT2D eigenvalue weighted by Gasteiger charge is -2.04. The van der Waals surface area contributed by atoms with Gasteiger partial charge < -0.3 is 9.47 Å². The van der Waals surface area contributed by atoms with Crippen molar-refractivity contribution < 1.29 is 19.1 Å². The standard InChI is InChI=1S/C26H28N6O4/c33-25(35-19-23-17-31(29-27-23)15-21-9-3-1-4-10-21)13-7-8-14-26(34)36-20-24-18-32(30-28-24)16-22-11-5-2-6-12-22/h1-6,9-12,17-18H,7-8,13-16,19-20H2. The molecule has 0 saturated carbocycles. The van der Waals surface area contributed by atoms with Crippen LogP contribution in [0.3, 0.4) is 0 Å². The Morgan fingerprint density at radius 3 is 1.47 bits per heavy atom. The fourth-order valence-corrected chi connectivity index (χ4v) is 3.50. The third-order valence-corrected chi connectivity index (χ3v) is 5.32. The van der Waals surface area contributed by atoms with Crippen molar-refractivity contribution in [1.29, 1.82) is 0 Å². The van der Waals surface area contributed by atoms with Crippen molar-refractivity contribution in [2.24, 2.45) is 0 Å². The van der Waals surface area contributed by atoms with Crippen molar-refractivity contribution in [2.45, 2.75) is 52.0 Å². The molecular formula is C26H28N6O4. The van der Waals surface area contributed by atoms with Crippen LogP contribution in [0.5, 0.6) is 0 Å². The van der Waals surface area contributed by atoms with Gasteiger partial charge in [0.05, 0.1) is 25.5 Å². The fourth-order valence-electron chi connectivity index (χ4n) is 3.50. The van der Waals surface area contributed by atoms with Crippen molar-refractivity contribution in [3.63, 3.8) is 0 Å². The summed E-state index contributed by atoms with van der Waals surface area (Å²) < 4.78 is 13.9. The highest BCUT2D eigenvalue weighted by atomic mass is 16.5. The van der Waals surface area contributed by atoms with Gasteiger partial charge >= 0.3 is 11.9 Å². The van der Waals surface area contributed by atoms with Crippen LogP contribution in [0.25, 0.3) is 0 Å². The Labute approximate surface area is 208 Å². The lowest BCUT2D eigenvalue weighted by molar-refractivity contribution is -0.147. The van der Waals surface area contributed by atoms with E-state index < -0.39 is 0 Å². The van der Waals surface area contributed by atoms with E-state index in [1.165, 1.54) is 0 Å². The molecule has 0 unspecified atom stereocenters. The molecular weight excluding hydrogens is 460 g/mol. The summed E-state index contributed by atoms with van der Waals surface area (Å²) in [4.78, 5) is 24.0. The second-order valence-corrected chi connectivity index (χ2v) is 8.31. The molecule has 2 heterocycles. The van der Waals surface area contributed by atoms with Gasteiger partial charge in [0.15, 0.2) is 0 Å². The van der Waals surface area contributed by atoms with Gasteiger partial charge in [0, 0.05) is 12.8 Å². The predicted molar refractivity (Wildman–Crippen MR) is 129 cm³/mol. The quantitative estimate of drug-likeness (QED) is 0.208. The Hall–Kier alpha value is -4.34. The first kappa shape index (κ1) is 24.8. The second kappa shape index (κ2) is 12.9. The molecule has 0 spiro atoms. The number of rotatable bonds is 13. The third kappa shape index (κ3) is 8.15. The SMILES string of the molecule is O=C(CCCCC(=O)OCc1cn(Cc2ccccc2)nn1)OCc1cn(Cc2ccccc2)nn1. The summed E-state index contributed by atoms with van der Waals surface area (Å²) in [5.41, 5.74) is 3.39. The van der Waals surface area contributed by atoms with E-state index in [9.17, 15) is 9.59 Å². The molecule has 36 heavy (non-hydrogen) atoms. The van der Waals surface area contributed by atoms with Crippen LogP contribution in [0.1, 0.15) is 48.2 Å². The first-order valence-corrected chi connectivity index (χ1v) is 11.8. The number of carbonyl (C=O) groups excluding carboxylic acids is 2. The Kier molecular flexibility index (Phi) is 8.90. The number of benzene rings is 2. The van der Waals surface area contributed by atoms with Gasteiger partial charge in [0.25, 0.3) is 0 Å². The van der Waals surface area contributed by atoms with Gasteiger partial charge in [0.2, 0.25) is 0 Å². The minimum atomic E-state index is -0.337. The van der Waals surface area contributed by atoms with Gasteiger partial charge in [-0.3, -0.25) is 9.59 Å². The highest BCUT2D eigenvalue weighted by molar-refractivity contribution is 5.70. The van der Waals surface area contributed by atoms with Crippen molar-refractivity contribution >= 4 is 11.9 Å². The van der Waals surface area contributed by atoms with Gasteiger partial charge in [-0.05, 0) is 24.0 Å². The Bertz CT molecular complexity index is 1140. The lowest BCUT2D eigenvalue weighted by Crippen LogP contribution is -2.07. The average molecular weight is 489 g/mol. The maximum Gasteiger partial charge on any atom is 0.306 e. The van der Waals surface area contributed by atoms with Crippen LogP contribution >= 0.6 is 0 Å². The van der Waals surface area contributed by atoms with E-state index >= 15 is 0 Å². The average Bonchev–Trinajstić information content (AvgIpc) is 3.54. The van der Waals surface area contributed by atoms with Crippen molar-refractivity contribution in [3.8, 4) is 0 Å². The smallest absolute Gasteiger partial charge is 0.306 e. The molecule has 0 radical (unpaired) electrons. The molecule has 0 aliphatic carbocycles. The molecule has 10 nitrogen and oxygen atoms in total. The molecule has 4 aromatic rings. The van der Waals surface area contributed by atoms with E-state index in [1.54, 1.807) is 21.8 Å². The summed E-state index contributed by atoms with van der Waals surface area (Å²) in [5.74, 6) is -0.674. The monoisotopic (exact) mass is 488 g/mol. The molecule has 10 heteroatoms. The second-order valence-electron chi connectivity index (χ2n) is 8.31. The van der Waals surface area contributed by atoms with E-state index in [-0.39, 0.29) is 38.0 Å². The molecule has 0 N–H and O–H groups in total. The molecule has 0 bridgehead atoms. The maximum atomic E-state index is 12.0. The number of ether oxygens (including phenoxy) is 2. The van der Waals surface area contributed by atoms with Crippen molar-refractivity contribution in [3.05, 3.63) is 95.6 Å². The van der Waals surface area contributed by atoms with E-state index in [0.717, 1.165) is 11.1 Å². The number of hydrogen-bond donors (Lipinski definition) is 0. The van der Waals surface area contributed by atoms with Crippen LogP contribution < -0.4 is 0 Å². The van der Waals surface area contributed by atoms with Crippen molar-refractivity contribution in [1.82, 2.24) is 30.0 Å². The van der Waals surface area contributed by atoms with E-state index in [0.29, 0.717) is 37.3 Å². The van der Waals surface area contributed by atoms with Gasteiger partial charge in [-0.1, -0.05) is 71.1 Å². The number of esters is 2. The normalized spacial score (nSPS) is 10.8. The van der Waals surface area contributed by atoms with Crippen LogP contribution in [-0.2, 0) is 45.4 Å². The molecule has 0 fully saturated rings. The molecule has 0 aliphatic rings. The molecule has 2 aromatic carbocycles. The minimum absolute atomic E-state index is 0.0701. The van der Waals surface area contributed by atoms with Crippen LogP contribution in [-0.4, -0.2) is 41.9 Å². The van der Waals surface area contributed by atoms with Crippen LogP contribution in [0.4, 0.5) is 0 Å². The van der Waals surface area contributed by atoms with E-state index in [1.807, 2.05) is 60.7 Å². The van der Waals surface area contributed by atoms with E-state index in [4.69, 9.17) is 9.47 Å². The van der Waals surface area contributed by atoms with Gasteiger partial charge in [-0.15, -0.1) is 10.2 Å². The number of hydrogen-bond acceptors (Lipinski definition) is 8. The van der Waals surface area contributed by atoms with Crippen LogP contribution in [0, 0.1) is 0 Å². The zero-order chi connectivity index (χ0) is 25.0. The highest BCUT2D eigenvalue weighted by Gasteiger charge is 2.10. The summed E-state index contributed by atoms with van der Waals surface area (Å²) >= 11 is 0. The molecule has 2 aromatic heterocycles.